The second-order valence-corrected chi connectivity index (χ2v) is 7.45. The molecule has 2 rings (SSSR count). The van der Waals surface area contributed by atoms with Crippen molar-refractivity contribution in [1.82, 2.24) is 19.2 Å². The normalized spacial score (nSPS) is 20.8. The molecule has 1 aliphatic heterocycles. The van der Waals surface area contributed by atoms with E-state index in [1.807, 2.05) is 18.4 Å². The first kappa shape index (κ1) is 16.5. The van der Waals surface area contributed by atoms with E-state index in [0.29, 0.717) is 13.1 Å². The highest BCUT2D eigenvalue weighted by atomic mass is 32.2. The zero-order valence-electron chi connectivity index (χ0n) is 13.2. The van der Waals surface area contributed by atoms with Gasteiger partial charge in [-0.25, -0.2) is 13.4 Å². The zero-order valence-corrected chi connectivity index (χ0v) is 14.0. The van der Waals surface area contributed by atoms with Crippen LogP contribution >= 0.6 is 0 Å². The van der Waals surface area contributed by atoms with Crippen molar-refractivity contribution in [3.63, 3.8) is 0 Å². The summed E-state index contributed by atoms with van der Waals surface area (Å²) in [5, 5.41) is 3.60. The Labute approximate surface area is 127 Å². The summed E-state index contributed by atoms with van der Waals surface area (Å²) >= 11 is 0. The average Bonchev–Trinajstić information content (AvgIpc) is 2.87. The number of imidazole rings is 1. The van der Waals surface area contributed by atoms with Crippen molar-refractivity contribution < 1.29 is 8.42 Å². The van der Waals surface area contributed by atoms with Gasteiger partial charge in [-0.05, 0) is 39.7 Å². The first-order valence-electron chi connectivity index (χ1n) is 7.76. The molecule has 0 aromatic carbocycles. The van der Waals surface area contributed by atoms with Crippen LogP contribution in [0.1, 0.15) is 38.9 Å². The Kier molecular flexibility index (Phi) is 5.40. The van der Waals surface area contributed by atoms with E-state index in [1.54, 1.807) is 10.5 Å². The molecule has 1 saturated heterocycles. The van der Waals surface area contributed by atoms with E-state index in [0.717, 1.165) is 38.2 Å². The van der Waals surface area contributed by atoms with Gasteiger partial charge in [-0.15, -0.1) is 0 Å². The van der Waals surface area contributed by atoms with Gasteiger partial charge in [0.1, 0.15) is 5.82 Å². The minimum Gasteiger partial charge on any atom is -0.334 e. The third-order valence-electron chi connectivity index (χ3n) is 3.97. The Hall–Kier alpha value is -0.920. The minimum absolute atomic E-state index is 0.179. The number of hydrogen-bond donors (Lipinski definition) is 1. The van der Waals surface area contributed by atoms with Gasteiger partial charge in [-0.2, -0.15) is 4.31 Å². The summed E-state index contributed by atoms with van der Waals surface area (Å²) in [4.78, 5) is 4.23. The van der Waals surface area contributed by atoms with Gasteiger partial charge in [0, 0.05) is 31.9 Å². The second-order valence-electron chi connectivity index (χ2n) is 5.57. The maximum Gasteiger partial charge on any atom is 0.262 e. The maximum absolute atomic E-state index is 12.7. The van der Waals surface area contributed by atoms with Crippen LogP contribution in [0.3, 0.4) is 0 Å². The molecule has 0 aliphatic carbocycles. The summed E-state index contributed by atoms with van der Waals surface area (Å²) in [6.45, 7) is 8.73. The van der Waals surface area contributed by atoms with Gasteiger partial charge in [0.05, 0.1) is 0 Å². The van der Waals surface area contributed by atoms with Crippen LogP contribution in [0.5, 0.6) is 0 Å². The molecule has 1 fully saturated rings. The lowest BCUT2D eigenvalue weighted by Crippen LogP contribution is -2.48. The maximum atomic E-state index is 12.7. The third-order valence-corrected chi connectivity index (χ3v) is 5.70. The lowest BCUT2D eigenvalue weighted by molar-refractivity contribution is 0.283. The van der Waals surface area contributed by atoms with Crippen LogP contribution in [0.15, 0.2) is 11.2 Å². The molecular formula is C14H26N4O2S. The van der Waals surface area contributed by atoms with Crippen molar-refractivity contribution in [2.24, 2.45) is 0 Å². The molecule has 1 aliphatic rings. The van der Waals surface area contributed by atoms with Gasteiger partial charge in [0.2, 0.25) is 0 Å². The quantitative estimate of drug-likeness (QED) is 0.861. The van der Waals surface area contributed by atoms with Crippen LogP contribution < -0.4 is 5.32 Å². The highest BCUT2D eigenvalue weighted by Gasteiger charge is 2.31. The summed E-state index contributed by atoms with van der Waals surface area (Å²) in [5.41, 5.74) is 0. The predicted octanol–water partition coefficient (Wildman–Crippen LogP) is 1.36. The molecule has 0 spiro atoms. The first-order chi connectivity index (χ1) is 9.98. The SMILES string of the molecule is CCCNC1CCCN(S(=O)(=O)c2cn(CC)c(C)n2)C1. The molecule has 1 atom stereocenters. The Morgan fingerprint density at radius 1 is 1.43 bits per heavy atom. The Morgan fingerprint density at radius 2 is 2.19 bits per heavy atom. The highest BCUT2D eigenvalue weighted by Crippen LogP contribution is 2.20. The molecule has 0 radical (unpaired) electrons. The Morgan fingerprint density at radius 3 is 2.81 bits per heavy atom. The van der Waals surface area contributed by atoms with Crippen molar-refractivity contribution in [2.75, 3.05) is 19.6 Å². The number of piperidine rings is 1. The fourth-order valence-corrected chi connectivity index (χ4v) is 4.25. The zero-order chi connectivity index (χ0) is 15.5. The number of hydrogen-bond acceptors (Lipinski definition) is 4. The van der Waals surface area contributed by atoms with Gasteiger partial charge < -0.3 is 9.88 Å². The van der Waals surface area contributed by atoms with Crippen LogP contribution in [0, 0.1) is 6.92 Å². The van der Waals surface area contributed by atoms with Crippen molar-refractivity contribution >= 4 is 10.0 Å². The van der Waals surface area contributed by atoms with Crippen LogP contribution in [0.25, 0.3) is 0 Å². The van der Waals surface area contributed by atoms with Crippen LogP contribution in [0.4, 0.5) is 0 Å². The largest absolute Gasteiger partial charge is 0.334 e. The lowest BCUT2D eigenvalue weighted by Gasteiger charge is -2.31. The molecule has 1 unspecified atom stereocenters. The predicted molar refractivity (Wildman–Crippen MR) is 82.7 cm³/mol. The average molecular weight is 314 g/mol. The van der Waals surface area contributed by atoms with Crippen LogP contribution in [0.2, 0.25) is 0 Å². The summed E-state index contributed by atoms with van der Waals surface area (Å²) in [6.07, 6.45) is 4.64. The number of nitrogens with one attached hydrogen (secondary N) is 1. The third kappa shape index (κ3) is 3.64. The van der Waals surface area contributed by atoms with E-state index in [-0.39, 0.29) is 11.1 Å². The number of aryl methyl sites for hydroxylation is 2. The number of aromatic nitrogens is 2. The molecule has 120 valence electrons. The van der Waals surface area contributed by atoms with Gasteiger partial charge in [0.25, 0.3) is 10.0 Å². The molecule has 0 saturated carbocycles. The lowest BCUT2D eigenvalue weighted by atomic mass is 10.1. The number of rotatable bonds is 6. The molecular weight excluding hydrogens is 288 g/mol. The standard InChI is InChI=1S/C14H26N4O2S/c1-4-8-15-13-7-6-9-18(10-13)21(19,20)14-11-17(5-2)12(3)16-14/h11,13,15H,4-10H2,1-3H3. The number of nitrogens with zero attached hydrogens (tertiary/aromatic N) is 3. The molecule has 1 N–H and O–H groups in total. The van der Waals surface area contributed by atoms with Crippen molar-refractivity contribution in [2.45, 2.75) is 57.6 Å². The van der Waals surface area contributed by atoms with Crippen LogP contribution in [-0.2, 0) is 16.6 Å². The smallest absolute Gasteiger partial charge is 0.262 e. The molecule has 21 heavy (non-hydrogen) atoms. The molecule has 1 aromatic heterocycles. The van der Waals surface area contributed by atoms with Crippen LogP contribution in [-0.4, -0.2) is 48.0 Å². The topological polar surface area (TPSA) is 67.2 Å². The fraction of sp³-hybridized carbons (Fsp3) is 0.786. The molecule has 0 bridgehead atoms. The van der Waals surface area contributed by atoms with Gasteiger partial charge >= 0.3 is 0 Å². The second kappa shape index (κ2) is 6.89. The van der Waals surface area contributed by atoms with Crippen molar-refractivity contribution in [3.8, 4) is 0 Å². The van der Waals surface area contributed by atoms with E-state index >= 15 is 0 Å². The van der Waals surface area contributed by atoms with Gasteiger partial charge in [0.15, 0.2) is 5.03 Å². The van der Waals surface area contributed by atoms with Gasteiger partial charge in [-0.1, -0.05) is 6.92 Å². The Bertz CT molecular complexity index is 568. The summed E-state index contributed by atoms with van der Waals surface area (Å²) in [6, 6.07) is 0.253. The highest BCUT2D eigenvalue weighted by molar-refractivity contribution is 7.89. The molecule has 0 amide bonds. The van der Waals surface area contributed by atoms with Crippen molar-refractivity contribution in [3.05, 3.63) is 12.0 Å². The van der Waals surface area contributed by atoms with E-state index in [9.17, 15) is 8.42 Å². The first-order valence-corrected chi connectivity index (χ1v) is 9.20. The summed E-state index contributed by atoms with van der Waals surface area (Å²) < 4.78 is 28.9. The summed E-state index contributed by atoms with van der Waals surface area (Å²) in [7, 11) is -3.47. The van der Waals surface area contributed by atoms with Crippen molar-refractivity contribution in [1.29, 1.82) is 0 Å². The molecule has 2 heterocycles. The fourth-order valence-electron chi connectivity index (χ4n) is 2.73. The van der Waals surface area contributed by atoms with E-state index in [1.165, 1.54) is 0 Å². The van der Waals surface area contributed by atoms with E-state index in [4.69, 9.17) is 0 Å². The summed E-state index contributed by atoms with van der Waals surface area (Å²) in [5.74, 6) is 0.744. The number of sulfonamides is 1. The molecule has 7 heteroatoms. The van der Waals surface area contributed by atoms with Gasteiger partial charge in [-0.3, -0.25) is 0 Å². The monoisotopic (exact) mass is 314 g/mol. The minimum atomic E-state index is -3.47. The molecule has 1 aromatic rings. The van der Waals surface area contributed by atoms with E-state index < -0.39 is 10.0 Å². The molecule has 6 nitrogen and oxygen atoms in total. The van der Waals surface area contributed by atoms with E-state index in [2.05, 4.69) is 17.2 Å². The Balaban J connectivity index is 2.14.